The molecule has 0 atom stereocenters. The minimum atomic E-state index is 1.09. The number of benzene rings is 8. The predicted octanol–water partition coefficient (Wildman–Crippen LogP) is 17.5. The van der Waals surface area contributed by atoms with Gasteiger partial charge in [0, 0.05) is 43.9 Å². The third kappa shape index (κ3) is 9.19. The van der Waals surface area contributed by atoms with Gasteiger partial charge in [-0.3, -0.25) is 0 Å². The maximum atomic E-state index is 2.33. The smallest absolute Gasteiger partial charge is 0.0462 e. The number of nitrogens with zero attached hydrogens (tertiary/aromatic N) is 2. The van der Waals surface area contributed by atoms with E-state index in [9.17, 15) is 0 Å². The molecule has 1 heterocycles. The summed E-state index contributed by atoms with van der Waals surface area (Å²) in [5.74, 6) is 0. The highest BCUT2D eigenvalue weighted by atomic mass is 32.1. The molecule has 0 amide bonds. The second kappa shape index (κ2) is 19.1. The number of hydrogen-bond donors (Lipinski definition) is 0. The van der Waals surface area contributed by atoms with E-state index >= 15 is 0 Å². The van der Waals surface area contributed by atoms with E-state index in [0.29, 0.717) is 0 Å². The summed E-state index contributed by atoms with van der Waals surface area (Å²) in [7, 11) is 0. The van der Waals surface area contributed by atoms with Crippen LogP contribution in [-0.4, -0.2) is 0 Å². The minimum absolute atomic E-state index is 1.09. The van der Waals surface area contributed by atoms with Crippen LogP contribution >= 0.6 is 11.3 Å². The van der Waals surface area contributed by atoms with E-state index in [4.69, 9.17) is 0 Å². The normalized spacial score (nSPS) is 11.4. The summed E-state index contributed by atoms with van der Waals surface area (Å²) in [5.41, 5.74) is 15.0. The highest BCUT2D eigenvalue weighted by Gasteiger charge is 2.16. The minimum Gasteiger partial charge on any atom is -0.311 e. The van der Waals surface area contributed by atoms with Crippen molar-refractivity contribution in [1.29, 1.82) is 0 Å². The van der Waals surface area contributed by atoms with Gasteiger partial charge in [0.1, 0.15) is 0 Å². The summed E-state index contributed by atoms with van der Waals surface area (Å²) in [4.78, 5) is 7.13. The van der Waals surface area contributed by atoms with Gasteiger partial charge in [-0.15, -0.1) is 11.3 Å². The third-order valence-corrected chi connectivity index (χ3v) is 12.0. The molecule has 2 nitrogen and oxygen atoms in total. The zero-order valence-corrected chi connectivity index (χ0v) is 35.4. The van der Waals surface area contributed by atoms with Crippen molar-refractivity contribution in [2.75, 3.05) is 9.80 Å². The third-order valence-electron chi connectivity index (χ3n) is 10.9. The second-order valence-electron chi connectivity index (χ2n) is 14.9. The second-order valence-corrected chi connectivity index (χ2v) is 16.1. The fourth-order valence-corrected chi connectivity index (χ4v) is 8.63. The number of para-hydroxylation sites is 1. The quantitative estimate of drug-likeness (QED) is 0.107. The molecule has 0 N–H and O–H groups in total. The Hall–Kier alpha value is -7.72. The Labute approximate surface area is 370 Å². The highest BCUT2D eigenvalue weighted by molar-refractivity contribution is 7.16. The van der Waals surface area contributed by atoms with Crippen LogP contribution in [0.2, 0.25) is 0 Å². The van der Waals surface area contributed by atoms with Crippen molar-refractivity contribution < 1.29 is 0 Å². The Bertz CT molecular complexity index is 2810. The van der Waals surface area contributed by atoms with Gasteiger partial charge in [0.25, 0.3) is 0 Å². The van der Waals surface area contributed by atoms with E-state index in [2.05, 4.69) is 252 Å². The Morgan fingerprint density at radius 1 is 0.290 bits per heavy atom. The molecule has 1 aromatic heterocycles. The molecule has 62 heavy (non-hydrogen) atoms. The van der Waals surface area contributed by atoms with Crippen LogP contribution in [0.1, 0.15) is 11.8 Å². The van der Waals surface area contributed by atoms with Crippen molar-refractivity contribution in [3.8, 4) is 43.8 Å². The maximum Gasteiger partial charge on any atom is 0.0462 e. The molecule has 0 radical (unpaired) electrons. The molecule has 0 aliphatic carbocycles. The first-order valence-corrected chi connectivity index (χ1v) is 21.8. The van der Waals surface area contributed by atoms with E-state index in [-0.39, 0.29) is 0 Å². The van der Waals surface area contributed by atoms with Crippen LogP contribution in [0.15, 0.2) is 255 Å². The zero-order chi connectivity index (χ0) is 41.9. The average Bonchev–Trinajstić information content (AvgIpc) is 3.83. The molecule has 0 saturated heterocycles. The number of allylic oxidation sites excluding steroid dienone is 5. The Balaban J connectivity index is 0.977. The molecule has 3 heteroatoms. The van der Waals surface area contributed by atoms with Crippen LogP contribution in [-0.2, 0) is 0 Å². The molecular weight excluding hydrogens is 769 g/mol. The van der Waals surface area contributed by atoms with Gasteiger partial charge < -0.3 is 9.80 Å². The maximum absolute atomic E-state index is 2.33. The summed E-state index contributed by atoms with van der Waals surface area (Å²) in [6.07, 6.45) is 12.4. The van der Waals surface area contributed by atoms with Gasteiger partial charge >= 0.3 is 0 Å². The van der Waals surface area contributed by atoms with Crippen LogP contribution < -0.4 is 9.80 Å². The van der Waals surface area contributed by atoms with Gasteiger partial charge in [-0.1, -0.05) is 170 Å². The van der Waals surface area contributed by atoms with E-state index in [0.717, 1.165) is 45.3 Å². The lowest BCUT2D eigenvalue weighted by Crippen LogP contribution is -2.10. The lowest BCUT2D eigenvalue weighted by atomic mass is 10.0. The van der Waals surface area contributed by atoms with Gasteiger partial charge in [0.2, 0.25) is 0 Å². The number of thiophene rings is 1. The fourth-order valence-electron chi connectivity index (χ4n) is 7.71. The molecule has 0 spiro atoms. The molecule has 0 aliphatic rings. The standard InChI is InChI=1S/C59H46N2S/c1-2-3-4-5-15-22-58-43-44-59(62-58)51-31-41-57(42-32-51)60(52-20-13-8-14-21-52)53-37-27-49(28-38-53)50-29-39-56(40-30-50)61(54-33-23-47(24-34-54)45-16-9-6-10-17-45)55-35-25-48(26-36-55)46-18-11-7-12-19-46/h2-44H,1H3/b3-2-,5-4-,22-15+. The first-order chi connectivity index (χ1) is 30.7. The molecule has 0 bridgehead atoms. The summed E-state index contributed by atoms with van der Waals surface area (Å²) >= 11 is 1.80. The highest BCUT2D eigenvalue weighted by Crippen LogP contribution is 2.40. The lowest BCUT2D eigenvalue weighted by Gasteiger charge is -2.26. The molecule has 0 saturated carbocycles. The van der Waals surface area contributed by atoms with E-state index in [1.807, 2.05) is 25.2 Å². The predicted molar refractivity (Wildman–Crippen MR) is 268 cm³/mol. The van der Waals surface area contributed by atoms with Crippen molar-refractivity contribution in [3.05, 3.63) is 260 Å². The molecule has 9 aromatic rings. The molecule has 8 aromatic carbocycles. The SMILES string of the molecule is C\C=C/C=C\C=C\c1ccc(-c2ccc(N(c3ccccc3)c3ccc(-c4ccc(N(c5ccc(-c6ccccc6)cc5)c5ccc(-c6ccccc6)cc5)cc4)cc3)cc2)s1. The van der Waals surface area contributed by atoms with Gasteiger partial charge in [0.05, 0.1) is 0 Å². The van der Waals surface area contributed by atoms with Gasteiger partial charge in [-0.05, 0) is 137 Å². The van der Waals surface area contributed by atoms with Gasteiger partial charge in [-0.2, -0.15) is 0 Å². The van der Waals surface area contributed by atoms with Crippen molar-refractivity contribution >= 4 is 51.5 Å². The van der Waals surface area contributed by atoms with Crippen molar-refractivity contribution in [1.82, 2.24) is 0 Å². The molecule has 0 aliphatic heterocycles. The largest absolute Gasteiger partial charge is 0.311 e. The molecule has 9 rings (SSSR count). The number of anilines is 6. The zero-order valence-electron chi connectivity index (χ0n) is 34.6. The average molecular weight is 815 g/mol. The summed E-state index contributed by atoms with van der Waals surface area (Å²) < 4.78 is 0. The summed E-state index contributed by atoms with van der Waals surface area (Å²) in [6.45, 7) is 2.02. The van der Waals surface area contributed by atoms with Crippen molar-refractivity contribution in [2.45, 2.75) is 6.92 Å². The van der Waals surface area contributed by atoms with Crippen LogP contribution in [0.3, 0.4) is 0 Å². The summed E-state index contributed by atoms with van der Waals surface area (Å²) in [5, 5.41) is 0. The van der Waals surface area contributed by atoms with Gasteiger partial charge in [0.15, 0.2) is 0 Å². The Morgan fingerprint density at radius 3 is 1.00 bits per heavy atom. The van der Waals surface area contributed by atoms with E-state index in [1.54, 1.807) is 11.3 Å². The van der Waals surface area contributed by atoms with E-state index < -0.39 is 0 Å². The summed E-state index contributed by atoms with van der Waals surface area (Å²) in [6, 6.07) is 80.5. The number of hydrogen-bond acceptors (Lipinski definition) is 3. The molecule has 298 valence electrons. The van der Waals surface area contributed by atoms with Crippen molar-refractivity contribution in [3.63, 3.8) is 0 Å². The molecule has 0 fully saturated rings. The fraction of sp³-hybridized carbons (Fsp3) is 0.0169. The first kappa shape index (κ1) is 39.7. The Kier molecular flexibility index (Phi) is 12.2. The Morgan fingerprint density at radius 2 is 0.613 bits per heavy atom. The topological polar surface area (TPSA) is 6.48 Å². The van der Waals surface area contributed by atoms with Gasteiger partial charge in [-0.25, -0.2) is 0 Å². The van der Waals surface area contributed by atoms with Crippen molar-refractivity contribution in [2.24, 2.45) is 0 Å². The number of rotatable bonds is 13. The van der Waals surface area contributed by atoms with Crippen LogP contribution in [0.5, 0.6) is 0 Å². The van der Waals surface area contributed by atoms with Crippen LogP contribution in [0, 0.1) is 0 Å². The van der Waals surface area contributed by atoms with E-state index in [1.165, 1.54) is 37.6 Å². The van der Waals surface area contributed by atoms with Crippen LogP contribution in [0.4, 0.5) is 34.1 Å². The lowest BCUT2D eigenvalue weighted by molar-refractivity contribution is 1.28. The molecular formula is C59H46N2S. The first-order valence-electron chi connectivity index (χ1n) is 21.0. The van der Waals surface area contributed by atoms with Crippen LogP contribution in [0.25, 0.3) is 49.9 Å². The molecule has 0 unspecified atom stereocenters. The monoisotopic (exact) mass is 814 g/mol.